The molecule has 2 aromatic carbocycles. The Morgan fingerprint density at radius 1 is 0.879 bits per heavy atom. The first-order chi connectivity index (χ1) is 15.6. The molecule has 2 rings (SSSR count). The minimum absolute atomic E-state index is 0.0567. The highest BCUT2D eigenvalue weighted by Gasteiger charge is 2.24. The van der Waals surface area contributed by atoms with Crippen molar-refractivity contribution in [2.75, 3.05) is 13.2 Å². The Kier molecular flexibility index (Phi) is 9.76. The molecule has 6 nitrogen and oxygen atoms in total. The molecule has 0 spiro atoms. The number of carbonyl (C=O) groups excluding carboxylic acids is 1. The Morgan fingerprint density at radius 3 is 1.82 bits per heavy atom. The van der Waals surface area contributed by atoms with Gasteiger partial charge in [-0.2, -0.15) is 0 Å². The van der Waals surface area contributed by atoms with E-state index < -0.39 is 0 Å². The fourth-order valence-electron chi connectivity index (χ4n) is 4.03. The first-order valence-electron chi connectivity index (χ1n) is 11.8. The highest BCUT2D eigenvalue weighted by molar-refractivity contribution is 5.97. The number of benzene rings is 2. The number of unbranched alkanes of at least 4 members (excludes halogenated alkanes) is 2. The number of amidine groups is 1. The quantitative estimate of drug-likeness (QED) is 0.253. The molecule has 2 aromatic rings. The first kappa shape index (κ1) is 26.2. The summed E-state index contributed by atoms with van der Waals surface area (Å²) >= 11 is 0. The van der Waals surface area contributed by atoms with Crippen LogP contribution >= 0.6 is 0 Å². The summed E-state index contributed by atoms with van der Waals surface area (Å²) < 4.78 is 11.7. The van der Waals surface area contributed by atoms with E-state index in [1.165, 1.54) is 0 Å². The van der Waals surface area contributed by atoms with Crippen molar-refractivity contribution in [2.45, 2.75) is 72.9 Å². The van der Waals surface area contributed by atoms with Gasteiger partial charge in [0.05, 0.1) is 13.2 Å². The van der Waals surface area contributed by atoms with Crippen LogP contribution in [0.2, 0.25) is 0 Å². The van der Waals surface area contributed by atoms with Gasteiger partial charge in [-0.25, -0.2) is 0 Å². The maximum absolute atomic E-state index is 13.1. The van der Waals surface area contributed by atoms with Crippen LogP contribution < -0.4 is 15.2 Å². The van der Waals surface area contributed by atoms with E-state index in [2.05, 4.69) is 27.7 Å². The number of aryl methyl sites for hydroxylation is 2. The zero-order valence-corrected chi connectivity index (χ0v) is 20.9. The molecule has 3 N–H and O–H groups in total. The van der Waals surface area contributed by atoms with Crippen molar-refractivity contribution in [1.82, 2.24) is 4.90 Å². The summed E-state index contributed by atoms with van der Waals surface area (Å²) in [6.07, 6.45) is 2.86. The summed E-state index contributed by atoms with van der Waals surface area (Å²) in [5, 5.41) is 7.41. The second-order valence-electron chi connectivity index (χ2n) is 9.03. The Balaban J connectivity index is 1.79. The van der Waals surface area contributed by atoms with E-state index in [1.807, 2.05) is 43.0 Å². The first-order valence-corrected chi connectivity index (χ1v) is 11.8. The number of rotatable bonds is 12. The molecule has 0 radical (unpaired) electrons. The topological polar surface area (TPSA) is 88.6 Å². The van der Waals surface area contributed by atoms with Gasteiger partial charge in [0.2, 0.25) is 0 Å². The van der Waals surface area contributed by atoms with Gasteiger partial charge in [-0.3, -0.25) is 10.2 Å². The zero-order valence-electron chi connectivity index (χ0n) is 20.9. The third kappa shape index (κ3) is 7.52. The number of hydrogen-bond donors (Lipinski definition) is 2. The maximum atomic E-state index is 13.1. The van der Waals surface area contributed by atoms with Crippen LogP contribution in [-0.2, 0) is 0 Å². The molecule has 0 atom stereocenters. The summed E-state index contributed by atoms with van der Waals surface area (Å²) in [6, 6.07) is 11.5. The van der Waals surface area contributed by atoms with Crippen molar-refractivity contribution in [3.05, 3.63) is 58.7 Å². The van der Waals surface area contributed by atoms with Gasteiger partial charge in [0.15, 0.2) is 0 Å². The molecular formula is C27H39N3O3. The Morgan fingerprint density at radius 2 is 1.36 bits per heavy atom. The molecule has 0 aliphatic carbocycles. The largest absolute Gasteiger partial charge is 0.494 e. The molecule has 6 heteroatoms. The van der Waals surface area contributed by atoms with Gasteiger partial charge in [0.25, 0.3) is 5.91 Å². The number of ether oxygens (including phenoxy) is 2. The molecule has 33 heavy (non-hydrogen) atoms. The number of nitrogens with two attached hydrogens (primary N) is 1. The SMILES string of the molecule is Cc1cc(OCCCCCOc2ccc(C(=N)N)cc2)cc(C)c1C(=O)N(C(C)C)C(C)C. The summed E-state index contributed by atoms with van der Waals surface area (Å²) in [4.78, 5) is 15.1. The summed E-state index contributed by atoms with van der Waals surface area (Å²) in [6.45, 7) is 13.4. The van der Waals surface area contributed by atoms with Gasteiger partial charge >= 0.3 is 0 Å². The molecular weight excluding hydrogens is 414 g/mol. The van der Waals surface area contributed by atoms with E-state index >= 15 is 0 Å². The zero-order chi connectivity index (χ0) is 24.5. The number of hydrogen-bond acceptors (Lipinski definition) is 4. The second-order valence-corrected chi connectivity index (χ2v) is 9.03. The van der Waals surface area contributed by atoms with Crippen LogP contribution in [0.1, 0.15) is 74.0 Å². The normalized spacial score (nSPS) is 11.0. The Hall–Kier alpha value is -3.02. The molecule has 0 unspecified atom stereocenters. The molecule has 1 amide bonds. The fourth-order valence-corrected chi connectivity index (χ4v) is 4.03. The molecule has 0 fully saturated rings. The number of nitrogens with one attached hydrogen (secondary N) is 1. The van der Waals surface area contributed by atoms with Crippen molar-refractivity contribution in [2.24, 2.45) is 5.73 Å². The van der Waals surface area contributed by atoms with E-state index in [0.29, 0.717) is 18.8 Å². The molecule has 0 heterocycles. The van der Waals surface area contributed by atoms with E-state index in [9.17, 15) is 4.79 Å². The van der Waals surface area contributed by atoms with Gasteiger partial charge < -0.3 is 20.1 Å². The lowest BCUT2D eigenvalue weighted by molar-refractivity contribution is 0.0642. The van der Waals surface area contributed by atoms with Crippen molar-refractivity contribution < 1.29 is 14.3 Å². The lowest BCUT2D eigenvalue weighted by Gasteiger charge is -2.32. The smallest absolute Gasteiger partial charge is 0.254 e. The average molecular weight is 454 g/mol. The molecule has 180 valence electrons. The van der Waals surface area contributed by atoms with E-state index in [1.54, 1.807) is 12.1 Å². The van der Waals surface area contributed by atoms with E-state index in [-0.39, 0.29) is 23.8 Å². The van der Waals surface area contributed by atoms with Crippen molar-refractivity contribution in [1.29, 1.82) is 5.41 Å². The standard InChI is InChI=1S/C27H39N3O3/c1-18(2)30(19(3)4)27(31)25-20(5)16-24(17-21(25)6)33-15-9-7-8-14-32-23-12-10-22(11-13-23)26(28)29/h10-13,16-19H,7-9,14-15H2,1-6H3,(H3,28,29). The van der Waals surface area contributed by atoms with Crippen LogP contribution in [-0.4, -0.2) is 41.9 Å². The Labute approximate surface area is 198 Å². The highest BCUT2D eigenvalue weighted by Crippen LogP contribution is 2.25. The monoisotopic (exact) mass is 453 g/mol. The second kappa shape index (κ2) is 12.3. The van der Waals surface area contributed by atoms with Crippen LogP contribution in [0.4, 0.5) is 0 Å². The van der Waals surface area contributed by atoms with E-state index in [4.69, 9.17) is 20.6 Å². The molecule has 0 saturated carbocycles. The van der Waals surface area contributed by atoms with Gasteiger partial charge in [-0.05, 0) is 108 Å². The van der Waals surface area contributed by atoms with Crippen LogP contribution in [0.25, 0.3) is 0 Å². The molecule has 0 aliphatic rings. The number of nitrogen functional groups attached to an aromatic ring is 1. The van der Waals surface area contributed by atoms with Crippen LogP contribution in [0.15, 0.2) is 36.4 Å². The maximum Gasteiger partial charge on any atom is 0.254 e. The van der Waals surface area contributed by atoms with Gasteiger partial charge in [-0.1, -0.05) is 0 Å². The molecule has 0 aliphatic heterocycles. The van der Waals surface area contributed by atoms with Gasteiger partial charge in [0, 0.05) is 23.2 Å². The van der Waals surface area contributed by atoms with Crippen LogP contribution in [0.5, 0.6) is 11.5 Å². The van der Waals surface area contributed by atoms with Crippen molar-refractivity contribution >= 4 is 11.7 Å². The third-order valence-electron chi connectivity index (χ3n) is 5.56. The predicted molar refractivity (Wildman–Crippen MR) is 135 cm³/mol. The van der Waals surface area contributed by atoms with Crippen LogP contribution in [0, 0.1) is 19.3 Å². The average Bonchev–Trinajstić information content (AvgIpc) is 2.72. The van der Waals surface area contributed by atoms with Gasteiger partial charge in [-0.15, -0.1) is 0 Å². The number of nitrogens with zero attached hydrogens (tertiary/aromatic N) is 1. The molecule has 0 aromatic heterocycles. The Bertz CT molecular complexity index is 905. The highest BCUT2D eigenvalue weighted by atomic mass is 16.5. The van der Waals surface area contributed by atoms with Gasteiger partial charge in [0.1, 0.15) is 17.3 Å². The van der Waals surface area contributed by atoms with Crippen molar-refractivity contribution in [3.63, 3.8) is 0 Å². The number of amides is 1. The van der Waals surface area contributed by atoms with E-state index in [0.717, 1.165) is 47.5 Å². The minimum Gasteiger partial charge on any atom is -0.494 e. The molecule has 0 bridgehead atoms. The summed E-state index contributed by atoms with van der Waals surface area (Å²) in [7, 11) is 0. The lowest BCUT2D eigenvalue weighted by atomic mass is 9.99. The summed E-state index contributed by atoms with van der Waals surface area (Å²) in [5.74, 6) is 1.73. The van der Waals surface area contributed by atoms with Crippen molar-refractivity contribution in [3.8, 4) is 11.5 Å². The minimum atomic E-state index is 0.0567. The summed E-state index contributed by atoms with van der Waals surface area (Å²) in [5.41, 5.74) is 8.83. The lowest BCUT2D eigenvalue weighted by Crippen LogP contribution is -2.42. The van der Waals surface area contributed by atoms with Crippen LogP contribution in [0.3, 0.4) is 0 Å². The molecule has 0 saturated heterocycles. The fraction of sp³-hybridized carbons (Fsp3) is 0.481. The predicted octanol–water partition coefficient (Wildman–Crippen LogP) is 5.47. The third-order valence-corrected chi connectivity index (χ3v) is 5.56. The number of carbonyl (C=O) groups is 1.